The van der Waals surface area contributed by atoms with Crippen molar-refractivity contribution in [3.05, 3.63) is 11.6 Å². The number of rotatable bonds is 10. The number of carbonyl (C=O) groups excluding carboxylic acids is 3. The minimum Gasteiger partial charge on any atom is -0.480 e. The number of Topliss-reactive ketones (excluding diaryl/α,β-unsaturated/α-hetero) is 1. The number of amides is 2. The van der Waals surface area contributed by atoms with Crippen molar-refractivity contribution < 1.29 is 34.2 Å². The molecule has 0 aromatic rings. The van der Waals surface area contributed by atoms with E-state index in [1.165, 1.54) is 12.5 Å². The zero-order chi connectivity index (χ0) is 30.2. The monoisotopic (exact) mass is 573 g/mol. The Kier molecular flexibility index (Phi) is 9.02. The Morgan fingerprint density at radius 3 is 2.44 bits per heavy atom. The van der Waals surface area contributed by atoms with Crippen molar-refractivity contribution >= 4 is 29.3 Å². The molecule has 0 aromatic carbocycles. The van der Waals surface area contributed by atoms with Crippen LogP contribution in [0.3, 0.4) is 0 Å². The van der Waals surface area contributed by atoms with Crippen LogP contribution < -0.4 is 10.6 Å². The van der Waals surface area contributed by atoms with Crippen LogP contribution >= 0.6 is 0 Å². The van der Waals surface area contributed by atoms with E-state index in [9.17, 15) is 29.4 Å². The number of nitrogens with one attached hydrogen (secondary N) is 2. The van der Waals surface area contributed by atoms with Crippen LogP contribution in [0, 0.1) is 28.6 Å². The van der Waals surface area contributed by atoms with Crippen LogP contribution in [0.15, 0.2) is 16.8 Å². The molecule has 3 saturated carbocycles. The molecule has 41 heavy (non-hydrogen) atoms. The van der Waals surface area contributed by atoms with E-state index in [2.05, 4.69) is 35.7 Å². The van der Waals surface area contributed by atoms with Crippen molar-refractivity contribution in [2.24, 2.45) is 33.7 Å². The number of aliphatic carboxylic acids is 1. The highest BCUT2D eigenvalue weighted by molar-refractivity contribution is 5.96. The van der Waals surface area contributed by atoms with Gasteiger partial charge in [-0.25, -0.2) is 4.79 Å². The highest BCUT2D eigenvalue weighted by Gasteiger charge is 2.65. The topological polar surface area (TPSA) is 154 Å². The number of carboxylic acids is 1. The molecular formula is C31H47N3O7. The van der Waals surface area contributed by atoms with Crippen LogP contribution in [0.1, 0.15) is 98.8 Å². The minimum absolute atomic E-state index is 0.0476. The number of aliphatic hydroxyl groups is 1. The Balaban J connectivity index is 1.33. The van der Waals surface area contributed by atoms with Gasteiger partial charge in [-0.15, -0.1) is 0 Å². The van der Waals surface area contributed by atoms with Crippen molar-refractivity contribution in [3.63, 3.8) is 0 Å². The Morgan fingerprint density at radius 2 is 1.78 bits per heavy atom. The molecule has 3 fully saturated rings. The average molecular weight is 574 g/mol. The number of nitrogens with zero attached hydrogens (tertiary/aromatic N) is 1. The fourth-order valence-electron chi connectivity index (χ4n) is 8.60. The Bertz CT molecular complexity index is 1130. The summed E-state index contributed by atoms with van der Waals surface area (Å²) in [5, 5.41) is 29.8. The summed E-state index contributed by atoms with van der Waals surface area (Å²) in [5.41, 5.74) is 0.661. The summed E-state index contributed by atoms with van der Waals surface area (Å²) in [6.07, 6.45) is 10.0. The first-order chi connectivity index (χ1) is 19.3. The maximum absolute atomic E-state index is 12.5. The number of fused-ring (bicyclic) bond motifs is 5. The lowest BCUT2D eigenvalue weighted by atomic mass is 9.46. The fraction of sp³-hybridized carbons (Fsp3) is 0.774. The number of hydrogen-bond donors (Lipinski definition) is 4. The van der Waals surface area contributed by atoms with Gasteiger partial charge in [0, 0.05) is 5.41 Å². The molecule has 10 heteroatoms. The number of carbonyl (C=O) groups is 4. The third-order valence-electron chi connectivity index (χ3n) is 11.1. The lowest BCUT2D eigenvalue weighted by Gasteiger charge is -2.59. The van der Waals surface area contributed by atoms with E-state index in [-0.39, 0.29) is 23.2 Å². The Morgan fingerprint density at radius 1 is 1.07 bits per heavy atom. The zero-order valence-corrected chi connectivity index (χ0v) is 25.1. The summed E-state index contributed by atoms with van der Waals surface area (Å²) < 4.78 is 0. The van der Waals surface area contributed by atoms with Crippen molar-refractivity contribution in [3.8, 4) is 0 Å². The third-order valence-corrected chi connectivity index (χ3v) is 11.1. The second-order valence-electron chi connectivity index (χ2n) is 13.2. The molecular weight excluding hydrogens is 526 g/mol. The molecule has 0 aromatic heterocycles. The fourth-order valence-corrected chi connectivity index (χ4v) is 8.60. The quantitative estimate of drug-likeness (QED) is 0.292. The number of ketones is 1. The first-order valence-corrected chi connectivity index (χ1v) is 15.2. The molecule has 2 amide bonds. The molecule has 4 rings (SSSR count). The van der Waals surface area contributed by atoms with Gasteiger partial charge in [0.15, 0.2) is 12.4 Å². The number of allylic oxidation sites excluding steroid dienone is 2. The molecule has 228 valence electrons. The van der Waals surface area contributed by atoms with Gasteiger partial charge in [-0.05, 0) is 101 Å². The van der Waals surface area contributed by atoms with Crippen LogP contribution in [0.4, 0.5) is 0 Å². The molecule has 8 atom stereocenters. The molecule has 5 unspecified atom stereocenters. The first kappa shape index (κ1) is 31.2. The molecule has 0 bridgehead atoms. The van der Waals surface area contributed by atoms with Crippen LogP contribution in [-0.4, -0.2) is 63.8 Å². The van der Waals surface area contributed by atoms with Gasteiger partial charge < -0.3 is 25.7 Å². The van der Waals surface area contributed by atoms with E-state index >= 15 is 0 Å². The first-order valence-electron chi connectivity index (χ1n) is 15.2. The molecule has 0 saturated heterocycles. The summed E-state index contributed by atoms with van der Waals surface area (Å²) in [6, 6.07) is -1.90. The SMILES string of the molecule is CCCC(NC(=O)C(C)NC(=O)CON=C1C=C2CCC3C(CC[C@@]4(C)C3CC[C@]4(O)C(C)=O)[C@@]2(C)CC1)C(=O)O. The maximum Gasteiger partial charge on any atom is 0.326 e. The molecule has 4 N–H and O–H groups in total. The van der Waals surface area contributed by atoms with Gasteiger partial charge >= 0.3 is 5.97 Å². The molecule has 0 aliphatic heterocycles. The third kappa shape index (κ3) is 5.68. The van der Waals surface area contributed by atoms with E-state index in [1.54, 1.807) is 6.92 Å². The lowest BCUT2D eigenvalue weighted by Crippen LogP contribution is -2.57. The van der Waals surface area contributed by atoms with Gasteiger partial charge in [0.1, 0.15) is 17.7 Å². The lowest BCUT2D eigenvalue weighted by molar-refractivity contribution is -0.159. The van der Waals surface area contributed by atoms with Crippen molar-refractivity contribution in [1.82, 2.24) is 10.6 Å². The Hall–Kier alpha value is -2.75. The van der Waals surface area contributed by atoms with Gasteiger partial charge in [-0.1, -0.05) is 37.9 Å². The maximum atomic E-state index is 12.5. The van der Waals surface area contributed by atoms with Gasteiger partial charge in [-0.3, -0.25) is 14.4 Å². The Labute approximate surface area is 242 Å². The molecule has 4 aliphatic carbocycles. The van der Waals surface area contributed by atoms with Crippen molar-refractivity contribution in [2.75, 3.05) is 6.61 Å². The summed E-state index contributed by atoms with van der Waals surface area (Å²) in [6.45, 7) is 9.02. The van der Waals surface area contributed by atoms with E-state index in [4.69, 9.17) is 4.84 Å². The van der Waals surface area contributed by atoms with Gasteiger partial charge in [-0.2, -0.15) is 0 Å². The molecule has 0 spiro atoms. The van der Waals surface area contributed by atoms with E-state index in [0.29, 0.717) is 37.0 Å². The van der Waals surface area contributed by atoms with Crippen molar-refractivity contribution in [1.29, 1.82) is 0 Å². The highest BCUT2D eigenvalue weighted by Crippen LogP contribution is 2.67. The average Bonchev–Trinajstić information content (AvgIpc) is 3.20. The van der Waals surface area contributed by atoms with Crippen LogP contribution in [0.5, 0.6) is 0 Å². The molecule has 0 radical (unpaired) electrons. The molecule has 4 aliphatic rings. The predicted octanol–water partition coefficient (Wildman–Crippen LogP) is 3.52. The minimum atomic E-state index is -1.20. The largest absolute Gasteiger partial charge is 0.480 e. The highest BCUT2D eigenvalue weighted by atomic mass is 16.6. The number of hydrogen-bond acceptors (Lipinski definition) is 7. The second-order valence-corrected chi connectivity index (χ2v) is 13.2. The summed E-state index contributed by atoms with van der Waals surface area (Å²) in [4.78, 5) is 53.7. The molecule has 0 heterocycles. The van der Waals surface area contributed by atoms with E-state index < -0.39 is 35.5 Å². The summed E-state index contributed by atoms with van der Waals surface area (Å²) >= 11 is 0. The van der Waals surface area contributed by atoms with E-state index in [0.717, 1.165) is 50.7 Å². The normalized spacial score (nSPS) is 36.6. The number of carboxylic acid groups (broad SMARTS) is 1. The van der Waals surface area contributed by atoms with Crippen LogP contribution in [0.25, 0.3) is 0 Å². The van der Waals surface area contributed by atoms with Crippen molar-refractivity contribution in [2.45, 2.75) is 117 Å². The molecule has 10 nitrogen and oxygen atoms in total. The number of oxime groups is 1. The van der Waals surface area contributed by atoms with Crippen LogP contribution in [0.2, 0.25) is 0 Å². The predicted molar refractivity (Wildman–Crippen MR) is 153 cm³/mol. The smallest absolute Gasteiger partial charge is 0.326 e. The summed E-state index contributed by atoms with van der Waals surface area (Å²) in [7, 11) is 0. The van der Waals surface area contributed by atoms with Gasteiger partial charge in [0.25, 0.3) is 5.91 Å². The standard InChI is InChI=1S/C31H47N3O7/c1-6-7-25(28(38)39)33-27(37)18(2)32-26(36)17-41-34-21-10-13-29(4)20(16-21)8-9-22-23(29)11-14-30(5)24(22)12-15-31(30,40)19(3)35/h16,18,22-25,40H,6-15,17H2,1-5H3,(H,32,36)(H,33,37)(H,38,39)/t18?,22?,23?,24?,25?,29-,30-,31-/m0/s1. The summed E-state index contributed by atoms with van der Waals surface area (Å²) in [5.74, 6) is -0.915. The van der Waals surface area contributed by atoms with Crippen LogP contribution in [-0.2, 0) is 24.0 Å². The van der Waals surface area contributed by atoms with E-state index in [1.807, 2.05) is 6.92 Å². The second kappa shape index (κ2) is 11.9. The zero-order valence-electron chi connectivity index (χ0n) is 25.1. The van der Waals surface area contributed by atoms with Gasteiger partial charge in [0.2, 0.25) is 5.91 Å². The van der Waals surface area contributed by atoms with Gasteiger partial charge in [0.05, 0.1) is 5.71 Å².